The summed E-state index contributed by atoms with van der Waals surface area (Å²) in [5.41, 5.74) is 5.11. The van der Waals surface area contributed by atoms with Gasteiger partial charge in [-0.25, -0.2) is 0 Å². The molecule has 20 heavy (non-hydrogen) atoms. The van der Waals surface area contributed by atoms with Crippen molar-refractivity contribution in [2.45, 2.75) is 0 Å². The molecule has 1 nitrogen and oxygen atoms in total. The summed E-state index contributed by atoms with van der Waals surface area (Å²) in [5, 5.41) is 2.65. The average molecular weight is 369 g/mol. The van der Waals surface area contributed by atoms with Crippen molar-refractivity contribution < 1.29 is 0 Å². The van der Waals surface area contributed by atoms with E-state index in [1.165, 1.54) is 32.9 Å². The van der Waals surface area contributed by atoms with Gasteiger partial charge >= 0.3 is 0 Å². The first-order valence-corrected chi connectivity index (χ1v) is 7.56. The van der Waals surface area contributed by atoms with Gasteiger partial charge in [0, 0.05) is 10.8 Å². The lowest BCUT2D eigenvalue weighted by Gasteiger charge is -2.04. The number of halogens is 1. The summed E-state index contributed by atoms with van der Waals surface area (Å²) in [6.45, 7) is 0. The van der Waals surface area contributed by atoms with Crippen LogP contribution in [0.3, 0.4) is 0 Å². The Kier molecular flexibility index (Phi) is 2.77. The zero-order valence-corrected chi connectivity index (χ0v) is 12.9. The predicted molar refractivity (Wildman–Crippen MR) is 94.3 cm³/mol. The summed E-state index contributed by atoms with van der Waals surface area (Å²) in [6.07, 6.45) is 0. The van der Waals surface area contributed by atoms with Gasteiger partial charge in [0.25, 0.3) is 0 Å². The molecule has 96 valence electrons. The normalized spacial score (nSPS) is 11.2. The van der Waals surface area contributed by atoms with Gasteiger partial charge in [-0.05, 0) is 23.3 Å². The highest BCUT2D eigenvalue weighted by molar-refractivity contribution is 14.1. The molecule has 0 aliphatic rings. The molecule has 0 saturated carbocycles. The van der Waals surface area contributed by atoms with Crippen molar-refractivity contribution in [3.05, 3.63) is 72.8 Å². The molecule has 0 atom stereocenters. The molecule has 0 bridgehead atoms. The minimum Gasteiger partial charge on any atom is -0.282 e. The highest BCUT2D eigenvalue weighted by atomic mass is 127. The fraction of sp³-hybridized carbons (Fsp3) is 0. The molecule has 1 heterocycles. The minimum absolute atomic E-state index is 1.27. The molecule has 0 saturated heterocycles. The second kappa shape index (κ2) is 4.63. The van der Waals surface area contributed by atoms with Gasteiger partial charge in [-0.15, -0.1) is 0 Å². The number of rotatable bonds is 1. The third kappa shape index (κ3) is 1.68. The molecule has 2 heteroatoms. The summed E-state index contributed by atoms with van der Waals surface area (Å²) >= 11 is 2.38. The maximum atomic E-state index is 2.38. The first-order chi connectivity index (χ1) is 9.86. The Morgan fingerprint density at radius 1 is 0.650 bits per heavy atom. The van der Waals surface area contributed by atoms with Crippen LogP contribution in [0.5, 0.6) is 0 Å². The molecule has 0 unspecified atom stereocenters. The fourth-order valence-corrected chi connectivity index (χ4v) is 3.65. The number of benzene rings is 3. The van der Waals surface area contributed by atoms with Gasteiger partial charge in [0.2, 0.25) is 0 Å². The van der Waals surface area contributed by atoms with Crippen LogP contribution in [0.15, 0.2) is 72.8 Å². The van der Waals surface area contributed by atoms with Gasteiger partial charge in [0.15, 0.2) is 0 Å². The van der Waals surface area contributed by atoms with Gasteiger partial charge < -0.3 is 0 Å². The van der Waals surface area contributed by atoms with Crippen molar-refractivity contribution in [1.82, 2.24) is 2.78 Å². The van der Waals surface area contributed by atoms with Gasteiger partial charge in [-0.3, -0.25) is 2.78 Å². The Morgan fingerprint density at radius 3 is 2.20 bits per heavy atom. The topological polar surface area (TPSA) is 4.93 Å². The molecular weight excluding hydrogens is 357 g/mol. The van der Waals surface area contributed by atoms with E-state index in [4.69, 9.17) is 0 Å². The lowest BCUT2D eigenvalue weighted by atomic mass is 10.00. The van der Waals surface area contributed by atoms with Crippen LogP contribution in [-0.4, -0.2) is 2.78 Å². The lowest BCUT2D eigenvalue weighted by molar-refractivity contribution is 1.49. The molecule has 3 aromatic carbocycles. The number of hydrogen-bond acceptors (Lipinski definition) is 0. The standard InChI is InChI=1S/C18H12IN/c19-20-16-11-5-4-9-15(16)18-14(10-6-12-17(18)20)13-7-2-1-3-8-13/h1-12H. The Hall–Kier alpha value is -1.81. The van der Waals surface area contributed by atoms with Crippen molar-refractivity contribution in [2.75, 3.05) is 0 Å². The van der Waals surface area contributed by atoms with E-state index in [1.807, 2.05) is 0 Å². The van der Waals surface area contributed by atoms with Gasteiger partial charge in [-0.1, -0.05) is 60.7 Å². The molecule has 0 aliphatic carbocycles. The summed E-state index contributed by atoms with van der Waals surface area (Å²) in [7, 11) is 0. The second-order valence-electron chi connectivity index (χ2n) is 4.86. The zero-order chi connectivity index (χ0) is 13.5. The fourth-order valence-electron chi connectivity index (χ4n) is 2.83. The molecule has 0 radical (unpaired) electrons. The summed E-state index contributed by atoms with van der Waals surface area (Å²) in [6, 6.07) is 25.7. The first kappa shape index (κ1) is 12.0. The molecular formula is C18H12IN. The van der Waals surface area contributed by atoms with Crippen LogP contribution >= 0.6 is 22.9 Å². The van der Waals surface area contributed by atoms with Crippen LogP contribution in [-0.2, 0) is 0 Å². The van der Waals surface area contributed by atoms with Crippen LogP contribution in [0.25, 0.3) is 32.9 Å². The molecule has 4 aromatic rings. The number of fused-ring (bicyclic) bond motifs is 3. The third-order valence-corrected chi connectivity index (χ3v) is 4.76. The molecule has 4 rings (SSSR count). The molecule has 0 fully saturated rings. The van der Waals surface area contributed by atoms with E-state index in [-0.39, 0.29) is 0 Å². The highest BCUT2D eigenvalue weighted by Gasteiger charge is 2.12. The van der Waals surface area contributed by atoms with Crippen LogP contribution in [0.1, 0.15) is 0 Å². The van der Waals surface area contributed by atoms with E-state index in [0.717, 1.165) is 0 Å². The maximum Gasteiger partial charge on any atom is 0.0646 e. The van der Waals surface area contributed by atoms with Gasteiger partial charge in [0.1, 0.15) is 0 Å². The molecule has 1 aromatic heterocycles. The van der Waals surface area contributed by atoms with Crippen LogP contribution < -0.4 is 0 Å². The molecule has 0 spiro atoms. The van der Waals surface area contributed by atoms with E-state index >= 15 is 0 Å². The Bertz CT molecular complexity index is 907. The molecule has 0 amide bonds. The van der Waals surface area contributed by atoms with E-state index in [9.17, 15) is 0 Å². The zero-order valence-electron chi connectivity index (χ0n) is 10.8. The minimum atomic E-state index is 1.27. The van der Waals surface area contributed by atoms with E-state index in [0.29, 0.717) is 0 Å². The van der Waals surface area contributed by atoms with Gasteiger partial charge in [0.05, 0.1) is 33.9 Å². The smallest absolute Gasteiger partial charge is 0.0646 e. The molecule has 0 N–H and O–H groups in total. The van der Waals surface area contributed by atoms with Crippen molar-refractivity contribution in [3.8, 4) is 11.1 Å². The van der Waals surface area contributed by atoms with Gasteiger partial charge in [-0.2, -0.15) is 0 Å². The number of para-hydroxylation sites is 1. The second-order valence-corrected chi connectivity index (χ2v) is 5.83. The number of aromatic nitrogens is 1. The van der Waals surface area contributed by atoms with Crippen molar-refractivity contribution in [1.29, 1.82) is 0 Å². The van der Waals surface area contributed by atoms with Crippen LogP contribution in [0.2, 0.25) is 0 Å². The van der Waals surface area contributed by atoms with E-state index < -0.39 is 0 Å². The highest BCUT2D eigenvalue weighted by Crippen LogP contribution is 2.37. The first-order valence-electron chi connectivity index (χ1n) is 6.60. The summed E-state index contributed by atoms with van der Waals surface area (Å²) in [4.78, 5) is 0. The van der Waals surface area contributed by atoms with Crippen molar-refractivity contribution >= 4 is 44.7 Å². The monoisotopic (exact) mass is 369 g/mol. The predicted octanol–water partition coefficient (Wildman–Crippen LogP) is 5.66. The Labute approximate surface area is 131 Å². The van der Waals surface area contributed by atoms with Crippen LogP contribution in [0, 0.1) is 0 Å². The van der Waals surface area contributed by atoms with Crippen molar-refractivity contribution in [2.24, 2.45) is 0 Å². The Morgan fingerprint density at radius 2 is 1.35 bits per heavy atom. The SMILES string of the molecule is In1c2ccccc2c2c(-c3ccccc3)cccc21. The van der Waals surface area contributed by atoms with Crippen LogP contribution in [0.4, 0.5) is 0 Å². The molecule has 0 aliphatic heterocycles. The lowest BCUT2D eigenvalue weighted by Crippen LogP contribution is -1.80. The maximum absolute atomic E-state index is 2.38. The number of hydrogen-bond donors (Lipinski definition) is 0. The van der Waals surface area contributed by atoms with Crippen molar-refractivity contribution in [3.63, 3.8) is 0 Å². The Balaban J connectivity index is 2.21. The number of nitrogens with zero attached hydrogens (tertiary/aromatic N) is 1. The average Bonchev–Trinajstić information content (AvgIpc) is 2.82. The summed E-state index contributed by atoms with van der Waals surface area (Å²) in [5.74, 6) is 0. The largest absolute Gasteiger partial charge is 0.282 e. The quantitative estimate of drug-likeness (QED) is 0.382. The summed E-state index contributed by atoms with van der Waals surface area (Å²) < 4.78 is 2.24. The van der Waals surface area contributed by atoms with E-state index in [1.54, 1.807) is 0 Å². The third-order valence-electron chi connectivity index (χ3n) is 3.72. The van der Waals surface area contributed by atoms with E-state index in [2.05, 4.69) is 98.4 Å².